The summed E-state index contributed by atoms with van der Waals surface area (Å²) in [6, 6.07) is 9.80. The number of anilines is 1. The number of nitrogens with zero attached hydrogens (tertiary/aromatic N) is 1. The number of carbonyl (C=O) groups excluding carboxylic acids is 2. The first-order valence-electron chi connectivity index (χ1n) is 14.9. The lowest BCUT2D eigenvalue weighted by Gasteiger charge is -2.24. The first-order chi connectivity index (χ1) is 21.2. The number of aromatic nitrogens is 1. The van der Waals surface area contributed by atoms with Crippen LogP contribution in [-0.2, 0) is 22.4 Å². The highest BCUT2D eigenvalue weighted by atomic mass is 16.5. The van der Waals surface area contributed by atoms with Crippen molar-refractivity contribution < 1.29 is 23.8 Å². The quantitative estimate of drug-likeness (QED) is 0.278. The van der Waals surface area contributed by atoms with Crippen LogP contribution in [0.1, 0.15) is 56.3 Å². The summed E-state index contributed by atoms with van der Waals surface area (Å²) in [6.07, 6.45) is 6.01. The Hall–Kier alpha value is -4.60. The van der Waals surface area contributed by atoms with Crippen LogP contribution in [0.2, 0.25) is 0 Å². The second-order valence-corrected chi connectivity index (χ2v) is 11.0. The van der Waals surface area contributed by atoms with Crippen LogP contribution in [0.25, 0.3) is 11.1 Å². The lowest BCUT2D eigenvalue weighted by atomic mass is 9.95. The van der Waals surface area contributed by atoms with E-state index in [4.69, 9.17) is 14.2 Å². The fourth-order valence-electron chi connectivity index (χ4n) is 5.69. The number of methoxy groups -OCH3 is 3. The monoisotopic (exact) mass is 602 g/mol. The van der Waals surface area contributed by atoms with Crippen LogP contribution in [-0.4, -0.2) is 50.7 Å². The highest BCUT2D eigenvalue weighted by molar-refractivity contribution is 5.86. The number of aryl methyl sites for hydroxylation is 1. The van der Waals surface area contributed by atoms with Crippen molar-refractivity contribution in [1.29, 1.82) is 0 Å². The predicted molar refractivity (Wildman–Crippen MR) is 170 cm³/mol. The van der Waals surface area contributed by atoms with E-state index in [0.717, 1.165) is 28.7 Å². The normalized spacial score (nSPS) is 15.0. The molecular formula is C34H42N4O6. The fourth-order valence-corrected chi connectivity index (χ4v) is 5.69. The summed E-state index contributed by atoms with van der Waals surface area (Å²) in [6.45, 7) is 5.91. The van der Waals surface area contributed by atoms with E-state index in [1.165, 1.54) is 6.92 Å². The van der Waals surface area contributed by atoms with Gasteiger partial charge < -0.3 is 30.2 Å². The molecule has 3 atom stereocenters. The Morgan fingerprint density at radius 3 is 2.39 bits per heavy atom. The molecule has 234 valence electrons. The summed E-state index contributed by atoms with van der Waals surface area (Å²) in [7, 11) is 4.68. The summed E-state index contributed by atoms with van der Waals surface area (Å²) >= 11 is 0. The number of pyridine rings is 1. The largest absolute Gasteiger partial charge is 0.493 e. The van der Waals surface area contributed by atoms with Crippen molar-refractivity contribution in [2.45, 2.75) is 58.5 Å². The summed E-state index contributed by atoms with van der Waals surface area (Å²) in [5.74, 6) is 1.01. The SMILES string of the molecule is CC[C@@H](C)[C@H](Nc1ccc2c(cc1=O)[C@@H](NC(C)=O)CCc1cc(OC)c(OC)c(OC)c1-2)C(=O)NCCc1ccncc1. The molecule has 4 rings (SSSR count). The molecule has 2 amide bonds. The van der Waals surface area contributed by atoms with Crippen LogP contribution in [0.15, 0.2) is 53.6 Å². The number of benzene rings is 1. The maximum absolute atomic E-state index is 13.8. The molecule has 1 aromatic heterocycles. The van der Waals surface area contributed by atoms with E-state index >= 15 is 0 Å². The van der Waals surface area contributed by atoms with Gasteiger partial charge in [0.05, 0.1) is 33.1 Å². The van der Waals surface area contributed by atoms with Crippen LogP contribution in [0.5, 0.6) is 17.2 Å². The van der Waals surface area contributed by atoms with Crippen molar-refractivity contribution in [2.75, 3.05) is 33.2 Å². The van der Waals surface area contributed by atoms with Gasteiger partial charge in [-0.15, -0.1) is 0 Å². The van der Waals surface area contributed by atoms with E-state index in [1.54, 1.807) is 45.9 Å². The second kappa shape index (κ2) is 14.7. The zero-order valence-electron chi connectivity index (χ0n) is 26.3. The standard InChI is InChI=1S/C34H42N4O6/c1-7-20(2)31(34(41)36-17-14-22-12-15-35-16-13-22)38-27-11-9-24-25(19-28(27)40)26(37-21(3)39)10-8-23-18-29(42-4)32(43-5)33(44-6)30(23)24/h9,11-13,15-16,18-20,26,31H,7-8,10,14,17H2,1-6H3,(H,36,41)(H,37,39)(H,38,40)/t20-,26+,31+/m1/s1. The topological polar surface area (TPSA) is 128 Å². The van der Waals surface area contributed by atoms with Crippen molar-refractivity contribution >= 4 is 17.5 Å². The van der Waals surface area contributed by atoms with Crippen LogP contribution in [0, 0.1) is 5.92 Å². The molecule has 0 spiro atoms. The molecule has 0 fully saturated rings. The Labute approximate surface area is 258 Å². The molecule has 10 heteroatoms. The minimum atomic E-state index is -0.635. The summed E-state index contributed by atoms with van der Waals surface area (Å²) in [5, 5.41) is 9.30. The van der Waals surface area contributed by atoms with E-state index in [1.807, 2.05) is 38.1 Å². The van der Waals surface area contributed by atoms with Gasteiger partial charge in [0.2, 0.25) is 23.0 Å². The van der Waals surface area contributed by atoms with Gasteiger partial charge in [-0.25, -0.2) is 0 Å². The predicted octanol–water partition coefficient (Wildman–Crippen LogP) is 4.44. The van der Waals surface area contributed by atoms with Crippen molar-refractivity contribution in [2.24, 2.45) is 5.92 Å². The average Bonchev–Trinajstić information content (AvgIpc) is 3.26. The number of carbonyl (C=O) groups is 2. The number of amides is 2. The molecular weight excluding hydrogens is 560 g/mol. The Bertz CT molecular complexity index is 1550. The maximum Gasteiger partial charge on any atom is 0.242 e. The number of nitrogens with one attached hydrogen (secondary N) is 3. The van der Waals surface area contributed by atoms with Crippen molar-refractivity contribution in [1.82, 2.24) is 15.6 Å². The fraction of sp³-hybridized carbons (Fsp3) is 0.412. The molecule has 0 radical (unpaired) electrons. The van der Waals surface area contributed by atoms with E-state index in [2.05, 4.69) is 20.9 Å². The summed E-state index contributed by atoms with van der Waals surface area (Å²) in [4.78, 5) is 43.5. The molecule has 1 heterocycles. The van der Waals surface area contributed by atoms with Crippen molar-refractivity contribution in [3.8, 4) is 28.4 Å². The molecule has 3 aromatic rings. The van der Waals surface area contributed by atoms with Gasteiger partial charge in [-0.05, 0) is 77.8 Å². The van der Waals surface area contributed by atoms with Crippen LogP contribution in [0.3, 0.4) is 0 Å². The lowest BCUT2D eigenvalue weighted by molar-refractivity contribution is -0.123. The molecule has 0 aliphatic heterocycles. The lowest BCUT2D eigenvalue weighted by Crippen LogP contribution is -2.45. The molecule has 0 saturated carbocycles. The Morgan fingerprint density at radius 2 is 1.75 bits per heavy atom. The average molecular weight is 603 g/mol. The van der Waals surface area contributed by atoms with Gasteiger partial charge in [0, 0.05) is 31.4 Å². The first kappa shape index (κ1) is 32.3. The van der Waals surface area contributed by atoms with Gasteiger partial charge in [-0.3, -0.25) is 19.4 Å². The Kier molecular flexibility index (Phi) is 10.8. The molecule has 44 heavy (non-hydrogen) atoms. The number of fused-ring (bicyclic) bond motifs is 3. The third kappa shape index (κ3) is 7.12. The van der Waals surface area contributed by atoms with Gasteiger partial charge in [0.15, 0.2) is 11.5 Å². The maximum atomic E-state index is 13.8. The highest BCUT2D eigenvalue weighted by Gasteiger charge is 2.30. The van der Waals surface area contributed by atoms with Gasteiger partial charge in [-0.2, -0.15) is 0 Å². The van der Waals surface area contributed by atoms with Crippen LogP contribution >= 0.6 is 0 Å². The number of hydrogen-bond donors (Lipinski definition) is 3. The zero-order valence-corrected chi connectivity index (χ0v) is 26.3. The molecule has 2 aromatic carbocycles. The summed E-state index contributed by atoms with van der Waals surface area (Å²) < 4.78 is 17.1. The highest BCUT2D eigenvalue weighted by Crippen LogP contribution is 2.50. The van der Waals surface area contributed by atoms with Gasteiger partial charge in [0.1, 0.15) is 6.04 Å². The number of hydrogen-bond acceptors (Lipinski definition) is 8. The smallest absolute Gasteiger partial charge is 0.242 e. The van der Waals surface area contributed by atoms with Gasteiger partial charge in [-0.1, -0.05) is 26.3 Å². The number of ether oxygens (including phenoxy) is 3. The third-order valence-corrected chi connectivity index (χ3v) is 8.18. The molecule has 0 saturated heterocycles. The van der Waals surface area contributed by atoms with E-state index < -0.39 is 12.1 Å². The molecule has 0 unspecified atom stereocenters. The first-order valence-corrected chi connectivity index (χ1v) is 14.9. The molecule has 0 bridgehead atoms. The minimum absolute atomic E-state index is 0.0525. The Morgan fingerprint density at radius 1 is 1.02 bits per heavy atom. The second-order valence-electron chi connectivity index (χ2n) is 11.0. The van der Waals surface area contributed by atoms with E-state index in [9.17, 15) is 14.4 Å². The molecule has 3 N–H and O–H groups in total. The molecule has 10 nitrogen and oxygen atoms in total. The third-order valence-electron chi connectivity index (χ3n) is 8.18. The van der Waals surface area contributed by atoms with Gasteiger partial charge >= 0.3 is 0 Å². The summed E-state index contributed by atoms with van der Waals surface area (Å²) in [5.41, 5.74) is 4.16. The van der Waals surface area contributed by atoms with E-state index in [-0.39, 0.29) is 28.8 Å². The zero-order chi connectivity index (χ0) is 31.8. The van der Waals surface area contributed by atoms with Crippen LogP contribution in [0.4, 0.5) is 5.69 Å². The van der Waals surface area contributed by atoms with Gasteiger partial charge in [0.25, 0.3) is 0 Å². The van der Waals surface area contributed by atoms with E-state index in [0.29, 0.717) is 48.6 Å². The molecule has 1 aliphatic rings. The van der Waals surface area contributed by atoms with Crippen molar-refractivity contribution in [3.05, 3.63) is 75.7 Å². The van der Waals surface area contributed by atoms with Crippen molar-refractivity contribution in [3.63, 3.8) is 0 Å². The van der Waals surface area contributed by atoms with Crippen LogP contribution < -0.4 is 35.6 Å². The minimum Gasteiger partial charge on any atom is -0.493 e. The Balaban J connectivity index is 1.77. The number of rotatable bonds is 12. The molecule has 1 aliphatic carbocycles.